The third-order valence-corrected chi connectivity index (χ3v) is 5.10. The van der Waals surface area contributed by atoms with Crippen LogP contribution < -0.4 is 5.43 Å². The summed E-state index contributed by atoms with van der Waals surface area (Å²) in [5.41, 5.74) is -1.03. The fraction of sp³-hybridized carbons (Fsp3) is 0.846. The van der Waals surface area contributed by atoms with Crippen LogP contribution in [0.3, 0.4) is 0 Å². The molecule has 1 amide bonds. The topological polar surface area (TPSA) is 129 Å². The van der Waals surface area contributed by atoms with E-state index in [1.807, 2.05) is 0 Å². The van der Waals surface area contributed by atoms with E-state index in [1.165, 1.54) is 11.9 Å². The van der Waals surface area contributed by atoms with Crippen LogP contribution >= 0.6 is 7.60 Å². The molecular weight excluding hydrogens is 398 g/mol. The van der Waals surface area contributed by atoms with Crippen molar-refractivity contribution in [3.05, 3.63) is 0 Å². The number of carbonyl (C=O) groups excluding carboxylic acids is 2. The van der Waals surface area contributed by atoms with Gasteiger partial charge in [-0.15, -0.1) is 0 Å². The molecule has 1 saturated heterocycles. The Bertz CT molecular complexity index is 580. The number of halogens is 3. The van der Waals surface area contributed by atoms with Crippen LogP contribution in [0.15, 0.2) is 0 Å². The minimum Gasteiger partial charge on any atom is -0.465 e. The number of hydrogen-bond acceptors (Lipinski definition) is 7. The first kappa shape index (κ1) is 23.8. The first-order valence-corrected chi connectivity index (χ1v) is 9.68. The van der Waals surface area contributed by atoms with Crippen LogP contribution in [-0.2, 0) is 23.6 Å². The molecule has 1 heterocycles. The second-order valence-corrected chi connectivity index (χ2v) is 7.40. The van der Waals surface area contributed by atoms with Crippen molar-refractivity contribution in [3.8, 4) is 0 Å². The van der Waals surface area contributed by atoms with Gasteiger partial charge in [-0.1, -0.05) is 6.42 Å². The molecule has 27 heavy (non-hydrogen) atoms. The maximum absolute atomic E-state index is 13.1. The summed E-state index contributed by atoms with van der Waals surface area (Å²) in [7, 11) is -4.89. The Morgan fingerprint density at radius 3 is 2.19 bits per heavy atom. The van der Waals surface area contributed by atoms with E-state index in [-0.39, 0.29) is 24.6 Å². The van der Waals surface area contributed by atoms with Crippen molar-refractivity contribution in [2.45, 2.75) is 38.0 Å². The van der Waals surface area contributed by atoms with Crippen LogP contribution in [0.1, 0.15) is 26.2 Å². The third-order valence-electron chi connectivity index (χ3n) is 3.79. The van der Waals surface area contributed by atoms with Gasteiger partial charge in [0.1, 0.15) is 6.54 Å². The van der Waals surface area contributed by atoms with Crippen molar-refractivity contribution < 1.29 is 46.6 Å². The first-order valence-electron chi connectivity index (χ1n) is 8.07. The lowest BCUT2D eigenvalue weighted by atomic mass is 10.2. The van der Waals surface area contributed by atoms with Crippen LogP contribution in [0.4, 0.5) is 13.2 Å². The standard InChI is InChI=1S/C13H23F3N3O7P/c1-3-26-10(20)9-19(11(21)12(14,15)16)13(25-2,27(22,23)24)17-18-7-5-4-6-8-18/h17H,3-9H2,1-2H3,(H2,22,23,24). The molecule has 1 atom stereocenters. The zero-order chi connectivity index (χ0) is 20.9. The summed E-state index contributed by atoms with van der Waals surface area (Å²) in [6, 6.07) is 0. The molecule has 0 aromatic rings. The molecule has 0 aromatic heterocycles. The summed E-state index contributed by atoms with van der Waals surface area (Å²) in [6.45, 7) is 0.289. The molecule has 1 aliphatic heterocycles. The quantitative estimate of drug-likeness (QED) is 0.289. The number of esters is 1. The van der Waals surface area contributed by atoms with Gasteiger partial charge in [0.05, 0.1) is 6.61 Å². The van der Waals surface area contributed by atoms with Crippen LogP contribution in [0.25, 0.3) is 0 Å². The third kappa shape index (κ3) is 5.87. The van der Waals surface area contributed by atoms with Crippen LogP contribution in [0, 0.1) is 0 Å². The molecule has 0 radical (unpaired) electrons. The van der Waals surface area contributed by atoms with Gasteiger partial charge < -0.3 is 19.3 Å². The van der Waals surface area contributed by atoms with Gasteiger partial charge >= 0.3 is 31.2 Å². The summed E-state index contributed by atoms with van der Waals surface area (Å²) in [6.07, 6.45) is -3.48. The number of ether oxygens (including phenoxy) is 2. The Labute approximate surface area is 153 Å². The highest BCUT2D eigenvalue weighted by atomic mass is 31.2. The second kappa shape index (κ2) is 9.30. The fourth-order valence-corrected chi connectivity index (χ4v) is 3.56. The number of piperidine rings is 1. The molecule has 1 fully saturated rings. The van der Waals surface area contributed by atoms with E-state index in [1.54, 1.807) is 0 Å². The van der Waals surface area contributed by atoms with E-state index in [2.05, 4.69) is 10.2 Å². The maximum atomic E-state index is 13.1. The largest absolute Gasteiger partial charge is 0.471 e. The van der Waals surface area contributed by atoms with E-state index < -0.39 is 37.8 Å². The van der Waals surface area contributed by atoms with E-state index in [9.17, 15) is 37.1 Å². The molecule has 0 spiro atoms. The summed E-state index contributed by atoms with van der Waals surface area (Å²) in [5.74, 6) is -3.95. The lowest BCUT2D eigenvalue weighted by Gasteiger charge is -2.45. The van der Waals surface area contributed by atoms with E-state index in [0.29, 0.717) is 12.8 Å². The monoisotopic (exact) mass is 421 g/mol. The number of alkyl halides is 3. The van der Waals surface area contributed by atoms with Gasteiger partial charge in [0.15, 0.2) is 0 Å². The number of carbonyl (C=O) groups is 2. The van der Waals surface area contributed by atoms with Gasteiger partial charge in [0, 0.05) is 20.2 Å². The zero-order valence-corrected chi connectivity index (χ0v) is 15.8. The highest BCUT2D eigenvalue weighted by molar-refractivity contribution is 7.53. The summed E-state index contributed by atoms with van der Waals surface area (Å²) < 4.78 is 60.6. The molecule has 0 aromatic carbocycles. The van der Waals surface area contributed by atoms with Crippen LogP contribution in [0.2, 0.25) is 0 Å². The Morgan fingerprint density at radius 1 is 1.22 bits per heavy atom. The molecule has 1 rings (SSSR count). The van der Waals surface area contributed by atoms with Crippen molar-refractivity contribution in [3.63, 3.8) is 0 Å². The Balaban J connectivity index is 3.39. The lowest BCUT2D eigenvalue weighted by Crippen LogP contribution is -2.69. The Hall–Kier alpha value is -1.24. The zero-order valence-electron chi connectivity index (χ0n) is 14.9. The number of amides is 1. The van der Waals surface area contributed by atoms with Crippen molar-refractivity contribution in [2.75, 3.05) is 33.4 Å². The smallest absolute Gasteiger partial charge is 0.465 e. The lowest BCUT2D eigenvalue weighted by molar-refractivity contribution is -0.215. The normalized spacial score (nSPS) is 18.6. The van der Waals surface area contributed by atoms with Gasteiger partial charge in [-0.3, -0.25) is 19.1 Å². The molecule has 3 N–H and O–H groups in total. The molecule has 14 heteroatoms. The molecule has 158 valence electrons. The summed E-state index contributed by atoms with van der Waals surface area (Å²) >= 11 is 0. The number of nitrogens with zero attached hydrogens (tertiary/aromatic N) is 2. The summed E-state index contributed by atoms with van der Waals surface area (Å²) in [4.78, 5) is 42.8. The maximum Gasteiger partial charge on any atom is 0.471 e. The van der Waals surface area contributed by atoms with E-state index >= 15 is 0 Å². The Kier molecular flexibility index (Phi) is 8.20. The average molecular weight is 421 g/mol. The van der Waals surface area contributed by atoms with Crippen molar-refractivity contribution in [2.24, 2.45) is 0 Å². The van der Waals surface area contributed by atoms with Crippen molar-refractivity contribution in [1.29, 1.82) is 0 Å². The number of rotatable bonds is 8. The molecule has 1 unspecified atom stereocenters. The van der Waals surface area contributed by atoms with E-state index in [4.69, 9.17) is 4.74 Å². The predicted octanol–water partition coefficient (Wildman–Crippen LogP) is 0.366. The first-order chi connectivity index (χ1) is 12.4. The number of nitrogens with one attached hydrogen (secondary N) is 1. The molecule has 0 bridgehead atoms. The molecular formula is C13H23F3N3O7P. The fourth-order valence-electron chi connectivity index (χ4n) is 2.57. The number of hydrazine groups is 1. The van der Waals surface area contributed by atoms with Gasteiger partial charge in [0.25, 0.3) is 0 Å². The van der Waals surface area contributed by atoms with Gasteiger partial charge in [0.2, 0.25) is 0 Å². The number of hydrogen-bond donors (Lipinski definition) is 3. The average Bonchev–Trinajstić information content (AvgIpc) is 2.56. The van der Waals surface area contributed by atoms with Gasteiger partial charge in [-0.25, -0.2) is 5.01 Å². The second-order valence-electron chi connectivity index (χ2n) is 5.71. The van der Waals surface area contributed by atoms with Gasteiger partial charge in [-0.2, -0.15) is 18.6 Å². The predicted molar refractivity (Wildman–Crippen MR) is 84.7 cm³/mol. The highest BCUT2D eigenvalue weighted by Gasteiger charge is 2.61. The minimum absolute atomic E-state index is 0.206. The van der Waals surface area contributed by atoms with Crippen LogP contribution in [-0.4, -0.2) is 76.7 Å². The van der Waals surface area contributed by atoms with Crippen molar-refractivity contribution in [1.82, 2.24) is 15.3 Å². The Morgan fingerprint density at radius 2 is 1.78 bits per heavy atom. The highest BCUT2D eigenvalue weighted by Crippen LogP contribution is 2.52. The van der Waals surface area contributed by atoms with E-state index in [0.717, 1.165) is 13.5 Å². The molecule has 0 saturated carbocycles. The molecule has 1 aliphatic rings. The van der Waals surface area contributed by atoms with Crippen LogP contribution in [0.5, 0.6) is 0 Å². The molecule has 0 aliphatic carbocycles. The van der Waals surface area contributed by atoms with Gasteiger partial charge in [-0.05, 0) is 19.8 Å². The molecule has 10 nitrogen and oxygen atoms in total. The minimum atomic E-state index is -5.61. The number of methoxy groups -OCH3 is 1. The SMILES string of the molecule is CCOC(=O)CN(C(=O)C(F)(F)F)C(NN1CCCCC1)(OC)P(=O)(O)O. The summed E-state index contributed by atoms with van der Waals surface area (Å²) in [5, 5.41) is 1.24. The van der Waals surface area contributed by atoms with Crippen molar-refractivity contribution >= 4 is 19.5 Å².